The molecule has 0 spiro atoms. The quantitative estimate of drug-likeness (QED) is 0.524. The topological polar surface area (TPSA) is 54.5 Å². The van der Waals surface area contributed by atoms with Crippen LogP contribution in [0.1, 0.15) is 12.6 Å². The van der Waals surface area contributed by atoms with Crippen LogP contribution >= 0.6 is 0 Å². The summed E-state index contributed by atoms with van der Waals surface area (Å²) >= 11 is 0. The number of aromatic nitrogens is 3. The fraction of sp³-hybridized carbons (Fsp3) is 0.400. The van der Waals surface area contributed by atoms with Gasteiger partial charge in [0.25, 0.3) is 0 Å². The zero-order valence-corrected chi connectivity index (χ0v) is 5.00. The minimum absolute atomic E-state index is 0.247. The first kappa shape index (κ1) is 5.76. The van der Waals surface area contributed by atoms with Gasteiger partial charge in [-0.2, -0.15) is 15.2 Å². The lowest BCUT2D eigenvalue weighted by atomic mass is 10.6. The van der Waals surface area contributed by atoms with Gasteiger partial charge in [-0.1, -0.05) is 0 Å². The molecular weight excluding hydrogens is 116 g/mol. The Balaban J connectivity index is 2.90. The molecule has 0 amide bonds. The Morgan fingerprint density at radius 2 is 2.67 bits per heavy atom. The molecule has 1 heterocycles. The fourth-order valence-corrected chi connectivity index (χ4v) is 0.454. The molecule has 0 unspecified atom stereocenters. The Hall–Kier alpha value is -1.37. The van der Waals surface area contributed by atoms with Crippen molar-refractivity contribution in [2.45, 2.75) is 13.5 Å². The molecule has 0 bridgehead atoms. The van der Waals surface area contributed by atoms with Gasteiger partial charge in [0.1, 0.15) is 6.07 Å². The van der Waals surface area contributed by atoms with Crippen molar-refractivity contribution in [2.75, 3.05) is 0 Å². The number of rotatable bonds is 1. The molecule has 0 aliphatic rings. The van der Waals surface area contributed by atoms with Crippen molar-refractivity contribution in [3.8, 4) is 6.07 Å². The molecule has 9 heavy (non-hydrogen) atoms. The standard InChI is InChI=1S/C5H5N4/c1-2-9-7-4-5(3-6)8-9/h2H2,1H3. The van der Waals surface area contributed by atoms with Crippen molar-refractivity contribution in [3.63, 3.8) is 0 Å². The SMILES string of the molecule is CCn1n[c]c(C#N)n1. The minimum Gasteiger partial charge on any atom is -0.191 e. The molecule has 45 valence electrons. The van der Waals surface area contributed by atoms with Crippen LogP contribution in [0.4, 0.5) is 0 Å². The summed E-state index contributed by atoms with van der Waals surface area (Å²) in [5, 5.41) is 15.6. The number of nitrogens with zero attached hydrogens (tertiary/aromatic N) is 4. The molecule has 0 saturated heterocycles. The van der Waals surface area contributed by atoms with Crippen LogP contribution in [0.25, 0.3) is 0 Å². The molecule has 0 saturated carbocycles. The van der Waals surface area contributed by atoms with E-state index in [1.807, 2.05) is 13.0 Å². The molecule has 4 nitrogen and oxygen atoms in total. The summed E-state index contributed by atoms with van der Waals surface area (Å²) in [5.74, 6) is 0. The van der Waals surface area contributed by atoms with Gasteiger partial charge in [0.2, 0.25) is 0 Å². The summed E-state index contributed by atoms with van der Waals surface area (Å²) in [5.41, 5.74) is 0.247. The van der Waals surface area contributed by atoms with Crippen molar-refractivity contribution in [1.29, 1.82) is 5.26 Å². The van der Waals surface area contributed by atoms with Gasteiger partial charge < -0.3 is 0 Å². The van der Waals surface area contributed by atoms with Gasteiger partial charge in [0, 0.05) is 0 Å². The molecule has 0 aliphatic carbocycles. The highest BCUT2D eigenvalue weighted by Gasteiger charge is 1.94. The number of aryl methyl sites for hydroxylation is 1. The number of hydrogen-bond donors (Lipinski definition) is 0. The van der Waals surface area contributed by atoms with E-state index < -0.39 is 0 Å². The molecule has 1 aromatic rings. The van der Waals surface area contributed by atoms with Crippen molar-refractivity contribution in [2.24, 2.45) is 0 Å². The monoisotopic (exact) mass is 121 g/mol. The number of nitriles is 1. The van der Waals surface area contributed by atoms with Gasteiger partial charge in [0.05, 0.1) is 6.54 Å². The summed E-state index contributed by atoms with van der Waals surface area (Å²) in [6, 6.07) is 1.83. The van der Waals surface area contributed by atoms with Crippen molar-refractivity contribution >= 4 is 0 Å². The summed E-state index contributed by atoms with van der Waals surface area (Å²) < 4.78 is 0. The van der Waals surface area contributed by atoms with E-state index in [9.17, 15) is 0 Å². The third-order valence-corrected chi connectivity index (χ3v) is 0.876. The van der Waals surface area contributed by atoms with Crippen molar-refractivity contribution in [3.05, 3.63) is 11.9 Å². The molecule has 1 radical (unpaired) electrons. The molecule has 0 N–H and O–H groups in total. The van der Waals surface area contributed by atoms with Gasteiger partial charge >= 0.3 is 0 Å². The Morgan fingerprint density at radius 3 is 3.00 bits per heavy atom. The summed E-state index contributed by atoms with van der Waals surface area (Å²) in [4.78, 5) is 1.42. The minimum atomic E-state index is 0.247. The zero-order chi connectivity index (χ0) is 6.69. The molecule has 0 fully saturated rings. The lowest BCUT2D eigenvalue weighted by molar-refractivity contribution is 0.567. The summed E-state index contributed by atoms with van der Waals surface area (Å²) in [6.07, 6.45) is 2.45. The van der Waals surface area contributed by atoms with Crippen molar-refractivity contribution in [1.82, 2.24) is 15.0 Å². The van der Waals surface area contributed by atoms with Crippen LogP contribution in [-0.4, -0.2) is 15.0 Å². The second kappa shape index (κ2) is 2.27. The Bertz CT molecular complexity index is 231. The smallest absolute Gasteiger partial charge is 0.191 e. The van der Waals surface area contributed by atoms with Gasteiger partial charge in [-0.05, 0) is 6.92 Å². The normalized spacial score (nSPS) is 8.89. The maximum Gasteiger partial charge on any atom is 0.192 e. The van der Waals surface area contributed by atoms with Crippen LogP contribution in [-0.2, 0) is 6.54 Å². The predicted molar refractivity (Wildman–Crippen MR) is 29.2 cm³/mol. The lowest BCUT2D eigenvalue weighted by Crippen LogP contribution is -1.97. The van der Waals surface area contributed by atoms with E-state index in [1.165, 1.54) is 4.80 Å². The molecule has 1 rings (SSSR count). The molecule has 4 heteroatoms. The fourth-order valence-electron chi connectivity index (χ4n) is 0.454. The summed E-state index contributed by atoms with van der Waals surface area (Å²) in [7, 11) is 0. The average molecular weight is 121 g/mol. The van der Waals surface area contributed by atoms with Gasteiger partial charge in [-0.3, -0.25) is 0 Å². The van der Waals surface area contributed by atoms with E-state index in [4.69, 9.17) is 5.26 Å². The molecule has 1 aromatic heterocycles. The maximum atomic E-state index is 8.25. The van der Waals surface area contributed by atoms with Crippen LogP contribution in [0.5, 0.6) is 0 Å². The largest absolute Gasteiger partial charge is 0.192 e. The van der Waals surface area contributed by atoms with E-state index in [2.05, 4.69) is 16.4 Å². The third-order valence-electron chi connectivity index (χ3n) is 0.876. The summed E-state index contributed by atoms with van der Waals surface area (Å²) in [6.45, 7) is 2.58. The van der Waals surface area contributed by atoms with Crippen LogP contribution in [0.3, 0.4) is 0 Å². The van der Waals surface area contributed by atoms with Gasteiger partial charge in [-0.25, -0.2) is 0 Å². The number of hydrogen-bond acceptors (Lipinski definition) is 3. The first-order valence-corrected chi connectivity index (χ1v) is 2.59. The van der Waals surface area contributed by atoms with Crippen LogP contribution in [0.15, 0.2) is 0 Å². The lowest BCUT2D eigenvalue weighted by Gasteiger charge is -1.85. The Kier molecular flexibility index (Phi) is 1.45. The highest BCUT2D eigenvalue weighted by atomic mass is 15.5. The van der Waals surface area contributed by atoms with Gasteiger partial charge in [0.15, 0.2) is 11.9 Å². The maximum absolute atomic E-state index is 8.25. The zero-order valence-electron chi connectivity index (χ0n) is 5.00. The van der Waals surface area contributed by atoms with E-state index >= 15 is 0 Å². The van der Waals surface area contributed by atoms with E-state index in [0.717, 1.165) is 0 Å². The van der Waals surface area contributed by atoms with E-state index in [-0.39, 0.29) is 5.69 Å². The predicted octanol–water partition coefficient (Wildman–Crippen LogP) is -0.0301. The molecule has 0 aliphatic heterocycles. The van der Waals surface area contributed by atoms with Crippen LogP contribution in [0, 0.1) is 17.5 Å². The Labute approximate surface area is 52.7 Å². The van der Waals surface area contributed by atoms with Crippen LogP contribution in [0.2, 0.25) is 0 Å². The molecule has 0 aromatic carbocycles. The average Bonchev–Trinajstić information content (AvgIpc) is 2.34. The van der Waals surface area contributed by atoms with Gasteiger partial charge in [-0.15, -0.1) is 5.10 Å². The van der Waals surface area contributed by atoms with E-state index in [0.29, 0.717) is 6.54 Å². The third kappa shape index (κ3) is 1.05. The first-order chi connectivity index (χ1) is 4.36. The second-order valence-corrected chi connectivity index (χ2v) is 1.46. The first-order valence-electron chi connectivity index (χ1n) is 2.59. The van der Waals surface area contributed by atoms with Crippen LogP contribution < -0.4 is 0 Å². The highest BCUT2D eigenvalue weighted by molar-refractivity contribution is 5.11. The van der Waals surface area contributed by atoms with Crippen molar-refractivity contribution < 1.29 is 0 Å². The highest BCUT2D eigenvalue weighted by Crippen LogP contribution is 1.84. The second-order valence-electron chi connectivity index (χ2n) is 1.46. The molecule has 0 atom stereocenters. The Morgan fingerprint density at radius 1 is 1.89 bits per heavy atom. The van der Waals surface area contributed by atoms with E-state index in [1.54, 1.807) is 0 Å². The molecular formula is C5H5N4.